The van der Waals surface area contributed by atoms with Gasteiger partial charge in [-0.2, -0.15) is 0 Å². The van der Waals surface area contributed by atoms with E-state index in [4.69, 9.17) is 0 Å². The van der Waals surface area contributed by atoms with E-state index in [0.717, 1.165) is 6.42 Å². The van der Waals surface area contributed by atoms with Gasteiger partial charge < -0.3 is 0 Å². The molecule has 0 nitrogen and oxygen atoms in total. The highest BCUT2D eigenvalue weighted by atomic mass is 14.3. The fourth-order valence-electron chi connectivity index (χ4n) is 2.79. The summed E-state index contributed by atoms with van der Waals surface area (Å²) in [4.78, 5) is 0. The number of rotatable bonds is 5. The van der Waals surface area contributed by atoms with Crippen LogP contribution in [0.15, 0.2) is 36.4 Å². The minimum absolute atomic E-state index is 0.256. The second-order valence-corrected chi connectivity index (χ2v) is 5.26. The van der Waals surface area contributed by atoms with Crippen molar-refractivity contribution in [2.24, 2.45) is 0 Å². The fraction of sp³-hybridized carbons (Fsp3) is 0.500. The molecule has 88 valence electrons. The molecule has 0 amide bonds. The highest BCUT2D eigenvalue weighted by Crippen LogP contribution is 2.36. The Morgan fingerprint density at radius 3 is 2.44 bits per heavy atom. The van der Waals surface area contributed by atoms with Gasteiger partial charge in [0, 0.05) is 0 Å². The second kappa shape index (κ2) is 5.34. The summed E-state index contributed by atoms with van der Waals surface area (Å²) in [7, 11) is 0. The lowest BCUT2D eigenvalue weighted by molar-refractivity contribution is 0.422. The Bertz CT molecular complexity index is 362. The first-order valence-corrected chi connectivity index (χ1v) is 6.20. The summed E-state index contributed by atoms with van der Waals surface area (Å²) in [5.41, 5.74) is 4.42. The molecular weight excluding hydrogens is 192 g/mol. The molecule has 1 aromatic carbocycles. The summed E-state index contributed by atoms with van der Waals surface area (Å²) < 4.78 is 0. The van der Waals surface area contributed by atoms with Crippen molar-refractivity contribution in [2.75, 3.05) is 0 Å². The van der Waals surface area contributed by atoms with Gasteiger partial charge in [0.2, 0.25) is 0 Å². The predicted octanol–water partition coefficient (Wildman–Crippen LogP) is 5.02. The van der Waals surface area contributed by atoms with E-state index in [0.29, 0.717) is 0 Å². The van der Waals surface area contributed by atoms with Crippen LogP contribution >= 0.6 is 0 Å². The smallest absolute Gasteiger partial charge is 0.00358 e. The van der Waals surface area contributed by atoms with Crippen molar-refractivity contribution in [1.82, 2.24) is 0 Å². The van der Waals surface area contributed by atoms with Crippen molar-refractivity contribution in [1.29, 1.82) is 0 Å². The summed E-state index contributed by atoms with van der Waals surface area (Å²) in [6, 6.07) is 8.75. The van der Waals surface area contributed by atoms with Crippen molar-refractivity contribution in [3.05, 3.63) is 47.5 Å². The molecular formula is C16H24. The van der Waals surface area contributed by atoms with Crippen LogP contribution in [0.25, 0.3) is 0 Å². The predicted molar refractivity (Wildman–Crippen MR) is 72.9 cm³/mol. The SMILES string of the molecule is C=C(C)CC(C)(CCC)c1ccccc1C. The monoisotopic (exact) mass is 216 g/mol. The van der Waals surface area contributed by atoms with Crippen LogP contribution < -0.4 is 0 Å². The molecule has 0 spiro atoms. The lowest BCUT2D eigenvalue weighted by Gasteiger charge is -2.32. The molecule has 0 aliphatic rings. The third-order valence-electron chi connectivity index (χ3n) is 3.29. The summed E-state index contributed by atoms with van der Waals surface area (Å²) >= 11 is 0. The van der Waals surface area contributed by atoms with Crippen LogP contribution in [0.4, 0.5) is 0 Å². The average Bonchev–Trinajstić information content (AvgIpc) is 2.17. The topological polar surface area (TPSA) is 0 Å². The van der Waals surface area contributed by atoms with Crippen molar-refractivity contribution in [3.63, 3.8) is 0 Å². The third-order valence-corrected chi connectivity index (χ3v) is 3.29. The maximum absolute atomic E-state index is 4.08. The quantitative estimate of drug-likeness (QED) is 0.606. The van der Waals surface area contributed by atoms with E-state index in [1.54, 1.807) is 0 Å². The second-order valence-electron chi connectivity index (χ2n) is 5.26. The normalized spacial score (nSPS) is 14.5. The Morgan fingerprint density at radius 2 is 1.94 bits per heavy atom. The molecule has 1 atom stereocenters. The van der Waals surface area contributed by atoms with Gasteiger partial charge in [0.1, 0.15) is 0 Å². The summed E-state index contributed by atoms with van der Waals surface area (Å²) in [5.74, 6) is 0. The Labute approximate surface area is 100 Å². The largest absolute Gasteiger partial charge is 0.100 e. The first-order chi connectivity index (χ1) is 7.49. The first-order valence-electron chi connectivity index (χ1n) is 6.20. The Balaban J connectivity index is 3.10. The Hall–Kier alpha value is -1.04. The van der Waals surface area contributed by atoms with Crippen molar-refractivity contribution in [2.45, 2.75) is 52.4 Å². The molecule has 0 bridgehead atoms. The number of hydrogen-bond donors (Lipinski definition) is 0. The van der Waals surface area contributed by atoms with Gasteiger partial charge in [0.25, 0.3) is 0 Å². The molecule has 0 radical (unpaired) electrons. The summed E-state index contributed by atoms with van der Waals surface area (Å²) in [6.45, 7) is 13.0. The van der Waals surface area contributed by atoms with Crippen LogP contribution in [0, 0.1) is 6.92 Å². The lowest BCUT2D eigenvalue weighted by atomic mass is 9.73. The van der Waals surface area contributed by atoms with E-state index in [1.165, 1.54) is 29.5 Å². The van der Waals surface area contributed by atoms with E-state index in [-0.39, 0.29) is 5.41 Å². The molecule has 1 rings (SSSR count). The van der Waals surface area contributed by atoms with Gasteiger partial charge in [0.05, 0.1) is 0 Å². The molecule has 1 unspecified atom stereocenters. The van der Waals surface area contributed by atoms with Gasteiger partial charge in [0.15, 0.2) is 0 Å². The minimum atomic E-state index is 0.256. The maximum atomic E-state index is 4.08. The molecule has 0 fully saturated rings. The molecule has 0 heterocycles. The average molecular weight is 216 g/mol. The number of allylic oxidation sites excluding steroid dienone is 1. The summed E-state index contributed by atoms with van der Waals surface area (Å²) in [6.07, 6.45) is 3.54. The van der Waals surface area contributed by atoms with Gasteiger partial charge in [-0.25, -0.2) is 0 Å². The number of aryl methyl sites for hydroxylation is 1. The maximum Gasteiger partial charge on any atom is -0.00358 e. The zero-order chi connectivity index (χ0) is 12.2. The van der Waals surface area contributed by atoms with Crippen LogP contribution in [0.5, 0.6) is 0 Å². The van der Waals surface area contributed by atoms with Crippen LogP contribution in [-0.4, -0.2) is 0 Å². The molecule has 16 heavy (non-hydrogen) atoms. The number of benzene rings is 1. The molecule has 0 saturated carbocycles. The van der Waals surface area contributed by atoms with Gasteiger partial charge in [-0.05, 0) is 43.2 Å². The minimum Gasteiger partial charge on any atom is -0.100 e. The van der Waals surface area contributed by atoms with Crippen LogP contribution in [0.1, 0.15) is 51.2 Å². The van der Waals surface area contributed by atoms with E-state index >= 15 is 0 Å². The van der Waals surface area contributed by atoms with Crippen molar-refractivity contribution >= 4 is 0 Å². The van der Waals surface area contributed by atoms with E-state index in [1.807, 2.05) is 0 Å². The van der Waals surface area contributed by atoms with Crippen LogP contribution in [0.3, 0.4) is 0 Å². The molecule has 0 heteroatoms. The lowest BCUT2D eigenvalue weighted by Crippen LogP contribution is -2.23. The van der Waals surface area contributed by atoms with Gasteiger partial charge in [-0.1, -0.05) is 50.1 Å². The Kier molecular flexibility index (Phi) is 4.35. The molecule has 0 aromatic heterocycles. The molecule has 1 aromatic rings. The van der Waals surface area contributed by atoms with Crippen LogP contribution in [-0.2, 0) is 5.41 Å². The van der Waals surface area contributed by atoms with Gasteiger partial charge in [-0.3, -0.25) is 0 Å². The fourth-order valence-corrected chi connectivity index (χ4v) is 2.79. The van der Waals surface area contributed by atoms with Gasteiger partial charge >= 0.3 is 0 Å². The van der Waals surface area contributed by atoms with E-state index < -0.39 is 0 Å². The number of hydrogen-bond acceptors (Lipinski definition) is 0. The van der Waals surface area contributed by atoms with Crippen molar-refractivity contribution < 1.29 is 0 Å². The van der Waals surface area contributed by atoms with E-state index in [9.17, 15) is 0 Å². The zero-order valence-corrected chi connectivity index (χ0v) is 11.1. The molecule has 0 aliphatic heterocycles. The standard InChI is InChI=1S/C16H24/c1-6-11-16(5,12-13(2)3)15-10-8-7-9-14(15)4/h7-10H,2,6,11-12H2,1,3-5H3. The first kappa shape index (κ1) is 13.0. The molecule has 0 N–H and O–H groups in total. The molecule has 0 aliphatic carbocycles. The highest BCUT2D eigenvalue weighted by molar-refractivity contribution is 5.34. The zero-order valence-electron chi connectivity index (χ0n) is 11.1. The van der Waals surface area contributed by atoms with E-state index in [2.05, 4.69) is 58.5 Å². The van der Waals surface area contributed by atoms with Gasteiger partial charge in [-0.15, -0.1) is 6.58 Å². The Morgan fingerprint density at radius 1 is 1.31 bits per heavy atom. The highest BCUT2D eigenvalue weighted by Gasteiger charge is 2.26. The van der Waals surface area contributed by atoms with Crippen LogP contribution in [0.2, 0.25) is 0 Å². The van der Waals surface area contributed by atoms with Crippen molar-refractivity contribution in [3.8, 4) is 0 Å². The third kappa shape index (κ3) is 2.98. The molecule has 0 saturated heterocycles. The summed E-state index contributed by atoms with van der Waals surface area (Å²) in [5, 5.41) is 0.